The Hall–Kier alpha value is -2.99. The van der Waals surface area contributed by atoms with Crippen LogP contribution in [0.2, 0.25) is 0 Å². The number of aliphatic hydroxyl groups is 1. The molecule has 0 fully saturated rings. The van der Waals surface area contributed by atoms with Gasteiger partial charge in [-0.1, -0.05) is 0 Å². The van der Waals surface area contributed by atoms with Crippen LogP contribution < -0.4 is 10.2 Å². The molecular formula is C20H18O6. The van der Waals surface area contributed by atoms with Crippen molar-refractivity contribution < 1.29 is 24.5 Å². The van der Waals surface area contributed by atoms with Gasteiger partial charge in [0.2, 0.25) is 0 Å². The highest BCUT2D eigenvalue weighted by atomic mass is 16.5. The molecule has 3 N–H and O–H groups in total. The fraction of sp³-hybridized carbons (Fsp3) is 0.250. The van der Waals surface area contributed by atoms with Crippen molar-refractivity contribution in [3.8, 4) is 28.6 Å². The van der Waals surface area contributed by atoms with Gasteiger partial charge in [-0.2, -0.15) is 0 Å². The molecule has 0 unspecified atom stereocenters. The average molecular weight is 354 g/mol. The molecule has 0 bridgehead atoms. The van der Waals surface area contributed by atoms with Crippen molar-refractivity contribution in [3.63, 3.8) is 0 Å². The van der Waals surface area contributed by atoms with Crippen LogP contribution in [0, 0.1) is 0 Å². The molecule has 1 atom stereocenters. The lowest BCUT2D eigenvalue weighted by Gasteiger charge is -2.35. The van der Waals surface area contributed by atoms with Gasteiger partial charge in [-0.25, -0.2) is 0 Å². The molecule has 0 radical (unpaired) electrons. The van der Waals surface area contributed by atoms with E-state index in [-0.39, 0.29) is 28.0 Å². The number of ether oxygens (including phenoxy) is 1. The Bertz CT molecular complexity index is 1060. The normalized spacial score (nSPS) is 18.3. The average Bonchev–Trinajstić information content (AvgIpc) is 2.53. The van der Waals surface area contributed by atoms with E-state index in [1.54, 1.807) is 12.1 Å². The molecule has 0 amide bonds. The van der Waals surface area contributed by atoms with Gasteiger partial charge in [-0.3, -0.25) is 4.79 Å². The van der Waals surface area contributed by atoms with Crippen molar-refractivity contribution in [1.82, 2.24) is 0 Å². The van der Waals surface area contributed by atoms with Crippen molar-refractivity contribution in [1.29, 1.82) is 0 Å². The zero-order valence-electron chi connectivity index (χ0n) is 14.3. The van der Waals surface area contributed by atoms with E-state index in [1.165, 1.54) is 24.3 Å². The van der Waals surface area contributed by atoms with E-state index in [0.717, 1.165) is 0 Å². The molecule has 1 aliphatic heterocycles. The minimum atomic E-state index is -0.936. The van der Waals surface area contributed by atoms with Crippen molar-refractivity contribution in [2.75, 3.05) is 0 Å². The van der Waals surface area contributed by atoms with E-state index in [1.807, 2.05) is 13.8 Å². The third kappa shape index (κ3) is 2.59. The highest BCUT2D eigenvalue weighted by Gasteiger charge is 2.36. The van der Waals surface area contributed by atoms with Crippen LogP contribution in [0.15, 0.2) is 45.6 Å². The molecule has 1 aliphatic rings. The fourth-order valence-electron chi connectivity index (χ4n) is 3.38. The lowest BCUT2D eigenvalue weighted by molar-refractivity contribution is 0.0103. The van der Waals surface area contributed by atoms with Gasteiger partial charge in [0.25, 0.3) is 0 Å². The monoisotopic (exact) mass is 354 g/mol. The van der Waals surface area contributed by atoms with Gasteiger partial charge in [0.05, 0.1) is 11.7 Å². The number of benzene rings is 2. The first kappa shape index (κ1) is 16.5. The van der Waals surface area contributed by atoms with Crippen LogP contribution >= 0.6 is 0 Å². The predicted molar refractivity (Wildman–Crippen MR) is 95.5 cm³/mol. The fourth-order valence-corrected chi connectivity index (χ4v) is 3.38. The summed E-state index contributed by atoms with van der Waals surface area (Å²) >= 11 is 0. The number of hydrogen-bond donors (Lipinski definition) is 3. The number of aliphatic hydroxyl groups excluding tert-OH is 1. The lowest BCUT2D eigenvalue weighted by Crippen LogP contribution is -2.34. The maximum atomic E-state index is 12.6. The summed E-state index contributed by atoms with van der Waals surface area (Å²) < 4.78 is 11.7. The van der Waals surface area contributed by atoms with Crippen LogP contribution in [-0.4, -0.2) is 20.9 Å². The van der Waals surface area contributed by atoms with Crippen LogP contribution in [0.25, 0.3) is 22.3 Å². The van der Waals surface area contributed by atoms with Crippen LogP contribution in [0.4, 0.5) is 0 Å². The molecule has 6 heteroatoms. The largest absolute Gasteiger partial charge is 0.508 e. The summed E-state index contributed by atoms with van der Waals surface area (Å²) in [5.41, 5.74) is -0.0447. The van der Waals surface area contributed by atoms with Gasteiger partial charge < -0.3 is 24.5 Å². The molecule has 1 aromatic heterocycles. The van der Waals surface area contributed by atoms with Gasteiger partial charge >= 0.3 is 0 Å². The first-order valence-corrected chi connectivity index (χ1v) is 8.25. The van der Waals surface area contributed by atoms with Crippen molar-refractivity contribution in [3.05, 3.63) is 52.2 Å². The molecule has 6 nitrogen and oxygen atoms in total. The van der Waals surface area contributed by atoms with Crippen molar-refractivity contribution >= 4 is 11.0 Å². The van der Waals surface area contributed by atoms with Gasteiger partial charge in [0.1, 0.15) is 39.6 Å². The number of aromatic hydroxyl groups is 2. The van der Waals surface area contributed by atoms with Gasteiger partial charge in [0.15, 0.2) is 5.43 Å². The molecule has 26 heavy (non-hydrogen) atoms. The summed E-state index contributed by atoms with van der Waals surface area (Å²) in [7, 11) is 0. The highest BCUT2D eigenvalue weighted by Crippen LogP contribution is 2.46. The summed E-state index contributed by atoms with van der Waals surface area (Å²) in [5, 5.41) is 30.4. The SMILES string of the molecule is CC1(C)C[C@@H](O)c2c(cc3oc(-c4ccc(O)cc4)cc(=O)c3c2O)O1. The van der Waals surface area contributed by atoms with E-state index in [2.05, 4.69) is 0 Å². The van der Waals surface area contributed by atoms with E-state index in [9.17, 15) is 20.1 Å². The molecule has 0 aliphatic carbocycles. The maximum Gasteiger partial charge on any atom is 0.197 e. The number of phenols is 2. The summed E-state index contributed by atoms with van der Waals surface area (Å²) in [5.74, 6) is 0.391. The zero-order valence-corrected chi connectivity index (χ0v) is 14.3. The Morgan fingerprint density at radius 1 is 1.12 bits per heavy atom. The molecule has 0 saturated heterocycles. The summed E-state index contributed by atoms with van der Waals surface area (Å²) in [6.45, 7) is 3.67. The quantitative estimate of drug-likeness (QED) is 0.619. The smallest absolute Gasteiger partial charge is 0.197 e. The second kappa shape index (κ2) is 5.51. The third-order valence-corrected chi connectivity index (χ3v) is 4.55. The topological polar surface area (TPSA) is 100 Å². The number of phenolic OH excluding ortho intramolecular Hbond substituents is 2. The van der Waals surface area contributed by atoms with Crippen LogP contribution in [0.1, 0.15) is 31.9 Å². The lowest BCUT2D eigenvalue weighted by atomic mass is 9.90. The standard InChI is InChI=1S/C20H18O6/c1-20(2)9-13(23)18-16(26-20)8-15-17(19(18)24)12(22)7-14(25-15)10-3-5-11(21)6-4-10/h3-8,13,21,23-24H,9H2,1-2H3/t13-/m1/s1. The van der Waals surface area contributed by atoms with Gasteiger partial charge in [-0.15, -0.1) is 0 Å². The Labute approximate surface area is 148 Å². The Morgan fingerprint density at radius 2 is 1.81 bits per heavy atom. The Morgan fingerprint density at radius 3 is 2.50 bits per heavy atom. The number of fused-ring (bicyclic) bond motifs is 2. The van der Waals surface area contributed by atoms with Crippen LogP contribution in [0.3, 0.4) is 0 Å². The van der Waals surface area contributed by atoms with E-state index in [0.29, 0.717) is 23.5 Å². The minimum Gasteiger partial charge on any atom is -0.508 e. The van der Waals surface area contributed by atoms with E-state index in [4.69, 9.17) is 9.15 Å². The number of rotatable bonds is 1. The van der Waals surface area contributed by atoms with Crippen LogP contribution in [-0.2, 0) is 0 Å². The number of hydrogen-bond acceptors (Lipinski definition) is 6. The van der Waals surface area contributed by atoms with Crippen molar-refractivity contribution in [2.45, 2.75) is 32.0 Å². The molecule has 4 rings (SSSR count). The van der Waals surface area contributed by atoms with E-state index >= 15 is 0 Å². The summed E-state index contributed by atoms with van der Waals surface area (Å²) in [4.78, 5) is 12.6. The second-order valence-corrected chi connectivity index (χ2v) is 7.11. The summed E-state index contributed by atoms with van der Waals surface area (Å²) in [6.07, 6.45) is -0.634. The first-order chi connectivity index (χ1) is 12.2. The molecule has 0 saturated carbocycles. The van der Waals surface area contributed by atoms with Crippen LogP contribution in [0.5, 0.6) is 17.2 Å². The Balaban J connectivity index is 1.96. The third-order valence-electron chi connectivity index (χ3n) is 4.55. The van der Waals surface area contributed by atoms with Crippen molar-refractivity contribution in [2.24, 2.45) is 0 Å². The molecule has 134 valence electrons. The molecule has 2 heterocycles. The predicted octanol–water partition coefficient (Wildman–Crippen LogP) is 3.47. The molecule has 2 aromatic carbocycles. The first-order valence-electron chi connectivity index (χ1n) is 8.25. The zero-order chi connectivity index (χ0) is 18.6. The second-order valence-electron chi connectivity index (χ2n) is 7.11. The highest BCUT2D eigenvalue weighted by molar-refractivity contribution is 5.88. The molecular weight excluding hydrogens is 336 g/mol. The Kier molecular flexibility index (Phi) is 3.49. The maximum absolute atomic E-state index is 12.6. The minimum absolute atomic E-state index is 0.00799. The summed E-state index contributed by atoms with van der Waals surface area (Å²) in [6, 6.07) is 9.04. The van der Waals surface area contributed by atoms with Gasteiger partial charge in [-0.05, 0) is 38.1 Å². The van der Waals surface area contributed by atoms with E-state index < -0.39 is 17.1 Å². The molecule has 3 aromatic rings. The van der Waals surface area contributed by atoms with Gasteiger partial charge in [0, 0.05) is 24.1 Å². The molecule has 0 spiro atoms.